The number of ketones is 1. The summed E-state index contributed by atoms with van der Waals surface area (Å²) in [6, 6.07) is 4.30. The topological polar surface area (TPSA) is 17.1 Å². The number of halogens is 5. The molecule has 82 valence electrons. The van der Waals surface area contributed by atoms with Crippen LogP contribution in [0.2, 0.25) is 0 Å². The van der Waals surface area contributed by atoms with Gasteiger partial charge in [0.05, 0.1) is 5.56 Å². The first kappa shape index (κ1) is 12.7. The molecule has 0 unspecified atom stereocenters. The Morgan fingerprint density at radius 2 is 1.87 bits per heavy atom. The van der Waals surface area contributed by atoms with E-state index in [2.05, 4.69) is 31.9 Å². The Bertz CT molecular complexity index is 374. The fourth-order valence-electron chi connectivity index (χ4n) is 0.975. The Kier molecular flexibility index (Phi) is 3.94. The van der Waals surface area contributed by atoms with E-state index in [0.29, 0.717) is 0 Å². The molecule has 1 rings (SSSR count). The van der Waals surface area contributed by atoms with Crippen LogP contribution in [0.3, 0.4) is 0 Å². The lowest BCUT2D eigenvalue weighted by atomic mass is 10.1. The van der Waals surface area contributed by atoms with Gasteiger partial charge in [0.1, 0.15) is 3.74 Å². The molecule has 0 radical (unpaired) electrons. The van der Waals surface area contributed by atoms with Crippen molar-refractivity contribution in [1.29, 1.82) is 0 Å². The predicted octanol–water partition coefficient (Wildman–Crippen LogP) is 4.00. The maximum absolute atomic E-state index is 12.3. The summed E-state index contributed by atoms with van der Waals surface area (Å²) in [5.41, 5.74) is -0.808. The van der Waals surface area contributed by atoms with Gasteiger partial charge in [0.2, 0.25) is 0 Å². The van der Waals surface area contributed by atoms with Gasteiger partial charge in [0, 0.05) is 5.56 Å². The molecule has 6 heteroatoms. The lowest BCUT2D eigenvalue weighted by Crippen LogP contribution is -2.10. The van der Waals surface area contributed by atoms with E-state index in [4.69, 9.17) is 0 Å². The van der Waals surface area contributed by atoms with Crippen LogP contribution >= 0.6 is 31.9 Å². The SMILES string of the molecule is O=C(c1cccc(C(F)(F)F)c1)C(Br)Br. The minimum Gasteiger partial charge on any atom is -0.292 e. The summed E-state index contributed by atoms with van der Waals surface area (Å²) < 4.78 is 36.2. The second kappa shape index (κ2) is 4.65. The van der Waals surface area contributed by atoms with Crippen molar-refractivity contribution < 1.29 is 18.0 Å². The average Bonchev–Trinajstić information content (AvgIpc) is 2.15. The molecular weight excluding hydrogens is 341 g/mol. The number of hydrogen-bond acceptors (Lipinski definition) is 1. The second-order valence-electron chi connectivity index (χ2n) is 2.74. The van der Waals surface area contributed by atoms with Crippen molar-refractivity contribution in [2.45, 2.75) is 9.91 Å². The Morgan fingerprint density at radius 1 is 1.27 bits per heavy atom. The summed E-state index contributed by atoms with van der Waals surface area (Å²) in [5, 5.41) is 0. The molecule has 0 bridgehead atoms. The summed E-state index contributed by atoms with van der Waals surface area (Å²) in [6.45, 7) is 0. The number of hydrogen-bond donors (Lipinski definition) is 0. The zero-order chi connectivity index (χ0) is 11.6. The normalized spacial score (nSPS) is 11.9. The van der Waals surface area contributed by atoms with E-state index in [1.54, 1.807) is 0 Å². The molecule has 15 heavy (non-hydrogen) atoms. The van der Waals surface area contributed by atoms with Crippen molar-refractivity contribution in [2.24, 2.45) is 0 Å². The number of alkyl halides is 5. The molecule has 0 aliphatic rings. The largest absolute Gasteiger partial charge is 0.416 e. The number of carbonyl (C=O) groups excluding carboxylic acids is 1. The highest BCUT2D eigenvalue weighted by Crippen LogP contribution is 2.30. The number of rotatable bonds is 2. The lowest BCUT2D eigenvalue weighted by molar-refractivity contribution is -0.137. The van der Waals surface area contributed by atoms with E-state index in [-0.39, 0.29) is 5.56 Å². The summed E-state index contributed by atoms with van der Waals surface area (Å²) in [7, 11) is 0. The molecule has 0 atom stereocenters. The van der Waals surface area contributed by atoms with Gasteiger partial charge in [-0.2, -0.15) is 13.2 Å². The first-order chi connectivity index (χ1) is 6.82. The molecule has 0 amide bonds. The molecule has 1 aromatic rings. The predicted molar refractivity (Wildman–Crippen MR) is 57.4 cm³/mol. The Balaban J connectivity index is 3.09. The van der Waals surface area contributed by atoms with Crippen LogP contribution in [0.25, 0.3) is 0 Å². The summed E-state index contributed by atoms with van der Waals surface area (Å²) in [4.78, 5) is 11.4. The van der Waals surface area contributed by atoms with Gasteiger partial charge in [0.15, 0.2) is 5.78 Å². The molecule has 1 nitrogen and oxygen atoms in total. The number of benzene rings is 1. The third kappa shape index (κ3) is 3.31. The van der Waals surface area contributed by atoms with Crippen LogP contribution in [0.15, 0.2) is 24.3 Å². The molecule has 0 fully saturated rings. The Hall–Kier alpha value is -0.360. The molecule has 0 saturated heterocycles. The van der Waals surface area contributed by atoms with Crippen LogP contribution in [-0.4, -0.2) is 9.52 Å². The quantitative estimate of drug-likeness (QED) is 0.584. The van der Waals surface area contributed by atoms with Gasteiger partial charge in [-0.1, -0.05) is 44.0 Å². The molecule has 1 aromatic carbocycles. The fraction of sp³-hybridized carbons (Fsp3) is 0.222. The van der Waals surface area contributed by atoms with Crippen LogP contribution in [0.1, 0.15) is 15.9 Å². The third-order valence-corrected chi connectivity index (χ3v) is 2.50. The van der Waals surface area contributed by atoms with Crippen molar-refractivity contribution in [3.05, 3.63) is 35.4 Å². The van der Waals surface area contributed by atoms with Gasteiger partial charge < -0.3 is 0 Å². The molecule has 0 saturated carbocycles. The maximum Gasteiger partial charge on any atom is 0.416 e. The highest BCUT2D eigenvalue weighted by Gasteiger charge is 2.31. The van der Waals surface area contributed by atoms with Gasteiger partial charge in [0.25, 0.3) is 0 Å². The number of carbonyl (C=O) groups is 1. The molecule has 0 N–H and O–H groups in total. The monoisotopic (exact) mass is 344 g/mol. The van der Waals surface area contributed by atoms with Crippen molar-refractivity contribution in [2.75, 3.05) is 0 Å². The van der Waals surface area contributed by atoms with Crippen LogP contribution in [0, 0.1) is 0 Å². The highest BCUT2D eigenvalue weighted by atomic mass is 79.9. The van der Waals surface area contributed by atoms with Gasteiger partial charge in [-0.05, 0) is 12.1 Å². The van der Waals surface area contributed by atoms with E-state index in [1.165, 1.54) is 12.1 Å². The molecular formula is C9H5Br2F3O. The minimum atomic E-state index is -4.43. The summed E-state index contributed by atoms with van der Waals surface area (Å²) in [5.74, 6) is -0.443. The second-order valence-corrected chi connectivity index (χ2v) is 5.80. The Morgan fingerprint density at radius 3 is 2.33 bits per heavy atom. The zero-order valence-corrected chi connectivity index (χ0v) is 10.4. The first-order valence-electron chi connectivity index (χ1n) is 3.82. The van der Waals surface area contributed by atoms with Gasteiger partial charge in [-0.15, -0.1) is 0 Å². The summed E-state index contributed by atoms with van der Waals surface area (Å²) >= 11 is 5.87. The van der Waals surface area contributed by atoms with Crippen molar-refractivity contribution in [3.8, 4) is 0 Å². The van der Waals surface area contributed by atoms with Gasteiger partial charge in [-0.25, -0.2) is 0 Å². The maximum atomic E-state index is 12.3. The first-order valence-corrected chi connectivity index (χ1v) is 5.65. The smallest absolute Gasteiger partial charge is 0.292 e. The minimum absolute atomic E-state index is 0.0172. The molecule has 0 aliphatic carbocycles. The summed E-state index contributed by atoms with van der Waals surface area (Å²) in [6.07, 6.45) is -4.43. The van der Waals surface area contributed by atoms with E-state index in [1.807, 2.05) is 0 Å². The van der Waals surface area contributed by atoms with Gasteiger partial charge in [-0.3, -0.25) is 4.79 Å². The fourth-order valence-corrected chi connectivity index (χ4v) is 1.50. The number of Topliss-reactive ketones (excluding diaryl/α,β-unsaturated/α-hetero) is 1. The van der Waals surface area contributed by atoms with Crippen LogP contribution in [0.5, 0.6) is 0 Å². The standard InChI is InChI=1S/C9H5Br2F3O/c10-8(11)7(15)5-2-1-3-6(4-5)9(12,13)14/h1-4,8H. The Labute approximate surface area is 101 Å². The van der Waals surface area contributed by atoms with Crippen molar-refractivity contribution in [1.82, 2.24) is 0 Å². The van der Waals surface area contributed by atoms with E-state index in [0.717, 1.165) is 12.1 Å². The average molecular weight is 346 g/mol. The van der Waals surface area contributed by atoms with Gasteiger partial charge >= 0.3 is 6.18 Å². The molecule has 0 aromatic heterocycles. The van der Waals surface area contributed by atoms with E-state index >= 15 is 0 Å². The molecule has 0 aliphatic heterocycles. The van der Waals surface area contributed by atoms with Crippen LogP contribution < -0.4 is 0 Å². The van der Waals surface area contributed by atoms with Crippen molar-refractivity contribution in [3.63, 3.8) is 0 Å². The highest BCUT2D eigenvalue weighted by molar-refractivity contribution is 9.25. The van der Waals surface area contributed by atoms with E-state index in [9.17, 15) is 18.0 Å². The van der Waals surface area contributed by atoms with Crippen molar-refractivity contribution >= 4 is 37.6 Å². The lowest BCUT2D eigenvalue weighted by Gasteiger charge is -2.08. The third-order valence-electron chi connectivity index (χ3n) is 1.67. The molecule has 0 spiro atoms. The van der Waals surface area contributed by atoms with Crippen LogP contribution in [0.4, 0.5) is 13.2 Å². The van der Waals surface area contributed by atoms with E-state index < -0.39 is 21.3 Å². The van der Waals surface area contributed by atoms with Crippen LogP contribution in [-0.2, 0) is 6.18 Å². The zero-order valence-electron chi connectivity index (χ0n) is 7.18. The molecule has 0 heterocycles.